The number of hydrogen-bond donors (Lipinski definition) is 1. The van der Waals surface area contributed by atoms with Gasteiger partial charge in [0, 0.05) is 6.42 Å². The highest BCUT2D eigenvalue weighted by atomic mass is 17.1. The van der Waals surface area contributed by atoms with Crippen LogP contribution in [0.2, 0.25) is 0 Å². The molecule has 0 bridgehead atoms. The fourth-order valence-electron chi connectivity index (χ4n) is 2.05. The molecule has 1 aromatic rings. The second-order valence-corrected chi connectivity index (χ2v) is 5.21. The first-order valence-electron chi connectivity index (χ1n) is 7.60. The SMILES string of the molecule is C[C@H](CCc1ccccc1)OC(=O)CCCCCON([O-])O. The second-order valence-electron chi connectivity index (χ2n) is 5.21. The molecule has 0 saturated heterocycles. The topological polar surface area (TPSA) is 82.1 Å². The third-order valence-electron chi connectivity index (χ3n) is 3.24. The van der Waals surface area contributed by atoms with E-state index in [1.54, 1.807) is 0 Å². The molecule has 1 N–H and O–H groups in total. The lowest BCUT2D eigenvalue weighted by Gasteiger charge is -2.17. The highest BCUT2D eigenvalue weighted by molar-refractivity contribution is 5.69. The maximum absolute atomic E-state index is 11.7. The van der Waals surface area contributed by atoms with Gasteiger partial charge in [0.1, 0.15) is 0 Å². The van der Waals surface area contributed by atoms with Gasteiger partial charge in [0.05, 0.1) is 12.7 Å². The molecule has 0 aliphatic rings. The van der Waals surface area contributed by atoms with E-state index in [0.29, 0.717) is 19.3 Å². The molecular formula is C16H24NO5-. The fraction of sp³-hybridized carbons (Fsp3) is 0.562. The van der Waals surface area contributed by atoms with Gasteiger partial charge in [-0.05, 0) is 38.2 Å². The molecule has 0 heterocycles. The quantitative estimate of drug-likeness (QED) is 0.384. The van der Waals surface area contributed by atoms with E-state index in [4.69, 9.17) is 9.94 Å². The number of aryl methyl sites for hydroxylation is 1. The van der Waals surface area contributed by atoms with Gasteiger partial charge < -0.3 is 15.2 Å². The zero-order valence-electron chi connectivity index (χ0n) is 12.9. The third-order valence-corrected chi connectivity index (χ3v) is 3.24. The van der Waals surface area contributed by atoms with Gasteiger partial charge in [-0.15, -0.1) is 5.39 Å². The van der Waals surface area contributed by atoms with E-state index in [1.807, 2.05) is 25.1 Å². The molecule has 0 amide bonds. The van der Waals surface area contributed by atoms with Gasteiger partial charge in [-0.2, -0.15) is 0 Å². The predicted molar refractivity (Wildman–Crippen MR) is 81.7 cm³/mol. The maximum atomic E-state index is 11.7. The molecule has 22 heavy (non-hydrogen) atoms. The summed E-state index contributed by atoms with van der Waals surface area (Å²) >= 11 is 0. The van der Waals surface area contributed by atoms with Gasteiger partial charge in [-0.25, -0.2) is 0 Å². The van der Waals surface area contributed by atoms with Crippen molar-refractivity contribution in [3.8, 4) is 0 Å². The lowest BCUT2D eigenvalue weighted by molar-refractivity contribution is -0.305. The molecule has 0 saturated carbocycles. The third kappa shape index (κ3) is 9.46. The van der Waals surface area contributed by atoms with Crippen molar-refractivity contribution in [2.24, 2.45) is 0 Å². The molecule has 1 aromatic carbocycles. The summed E-state index contributed by atoms with van der Waals surface area (Å²) in [4.78, 5) is 16.0. The van der Waals surface area contributed by atoms with E-state index in [-0.39, 0.29) is 18.7 Å². The first-order chi connectivity index (χ1) is 10.6. The summed E-state index contributed by atoms with van der Waals surface area (Å²) in [5, 5.41) is 17.7. The Morgan fingerprint density at radius 1 is 1.27 bits per heavy atom. The van der Waals surface area contributed by atoms with Crippen molar-refractivity contribution in [1.29, 1.82) is 0 Å². The summed E-state index contributed by atoms with van der Waals surface area (Å²) in [5.41, 5.74) is 1.24. The van der Waals surface area contributed by atoms with E-state index in [1.165, 1.54) is 5.56 Å². The Bertz CT molecular complexity index is 410. The average molecular weight is 310 g/mol. The molecule has 0 aromatic heterocycles. The number of ether oxygens (including phenoxy) is 1. The Labute approximate surface area is 131 Å². The Morgan fingerprint density at radius 2 is 2.00 bits per heavy atom. The Kier molecular flexibility index (Phi) is 9.41. The van der Waals surface area contributed by atoms with Gasteiger partial charge in [0.2, 0.25) is 0 Å². The molecule has 6 heteroatoms. The Morgan fingerprint density at radius 3 is 2.68 bits per heavy atom. The molecule has 6 nitrogen and oxygen atoms in total. The smallest absolute Gasteiger partial charge is 0.306 e. The number of carbonyl (C=O) groups is 1. The number of benzene rings is 1. The molecule has 0 spiro atoms. The Hall–Kier alpha value is -1.47. The molecule has 124 valence electrons. The minimum Gasteiger partial charge on any atom is -0.738 e. The number of esters is 1. The molecular weight excluding hydrogens is 286 g/mol. The van der Waals surface area contributed by atoms with Crippen molar-refractivity contribution in [2.45, 2.75) is 51.6 Å². The van der Waals surface area contributed by atoms with Gasteiger partial charge >= 0.3 is 5.97 Å². The second kappa shape index (κ2) is 11.1. The molecule has 0 radical (unpaired) electrons. The summed E-state index contributed by atoms with van der Waals surface area (Å²) in [5.74, 6) is -0.200. The van der Waals surface area contributed by atoms with Crippen molar-refractivity contribution in [1.82, 2.24) is 5.39 Å². The highest BCUT2D eigenvalue weighted by Crippen LogP contribution is 2.09. The van der Waals surface area contributed by atoms with Crippen LogP contribution in [0.4, 0.5) is 0 Å². The first kappa shape index (κ1) is 18.6. The van der Waals surface area contributed by atoms with Crippen molar-refractivity contribution in [3.05, 3.63) is 41.1 Å². The van der Waals surface area contributed by atoms with Crippen LogP contribution in [0, 0.1) is 5.21 Å². The average Bonchev–Trinajstić information content (AvgIpc) is 2.49. The number of rotatable bonds is 11. The summed E-state index contributed by atoms with van der Waals surface area (Å²) in [7, 11) is 0. The van der Waals surface area contributed by atoms with Crippen LogP contribution in [0.5, 0.6) is 0 Å². The zero-order chi connectivity index (χ0) is 16.2. The van der Waals surface area contributed by atoms with Crippen molar-refractivity contribution in [2.75, 3.05) is 6.61 Å². The van der Waals surface area contributed by atoms with Crippen LogP contribution in [-0.2, 0) is 20.8 Å². The van der Waals surface area contributed by atoms with E-state index < -0.39 is 5.39 Å². The van der Waals surface area contributed by atoms with Gasteiger partial charge in [-0.1, -0.05) is 36.8 Å². The van der Waals surface area contributed by atoms with Crippen LogP contribution < -0.4 is 0 Å². The molecule has 1 rings (SSSR count). The standard InChI is InChI=1S/C16H24NO5/c1-14(11-12-15-8-4-2-5-9-15)22-16(18)10-6-3-7-13-21-17(19)20/h2,4-5,8-9,14,19H,3,6-7,10-13H2,1H3/q-1/t14-/m1/s1. The Balaban J connectivity index is 2.04. The minimum atomic E-state index is -0.553. The number of carbonyl (C=O) groups excluding carboxylic acids is 1. The van der Waals surface area contributed by atoms with E-state index in [0.717, 1.165) is 19.3 Å². The van der Waals surface area contributed by atoms with Crippen molar-refractivity contribution < 1.29 is 19.6 Å². The van der Waals surface area contributed by atoms with Crippen LogP contribution in [0.25, 0.3) is 0 Å². The first-order valence-corrected chi connectivity index (χ1v) is 7.60. The maximum Gasteiger partial charge on any atom is 0.306 e. The van der Waals surface area contributed by atoms with Crippen molar-refractivity contribution >= 4 is 5.97 Å². The summed E-state index contributed by atoms with van der Waals surface area (Å²) in [6.45, 7) is 2.04. The van der Waals surface area contributed by atoms with Gasteiger partial charge in [0.25, 0.3) is 0 Å². The van der Waals surface area contributed by atoms with E-state index in [2.05, 4.69) is 17.0 Å². The molecule has 1 atom stereocenters. The van der Waals surface area contributed by atoms with Crippen LogP contribution in [0.15, 0.2) is 30.3 Å². The predicted octanol–water partition coefficient (Wildman–Crippen LogP) is 3.23. The monoisotopic (exact) mass is 310 g/mol. The fourth-order valence-corrected chi connectivity index (χ4v) is 2.05. The van der Waals surface area contributed by atoms with Crippen LogP contribution in [0.3, 0.4) is 0 Å². The summed E-state index contributed by atoms with van der Waals surface area (Å²) in [6.07, 6.45) is 3.98. The number of nitrogens with zero attached hydrogens (tertiary/aromatic N) is 1. The van der Waals surface area contributed by atoms with E-state index in [9.17, 15) is 10.0 Å². The summed E-state index contributed by atoms with van der Waals surface area (Å²) in [6, 6.07) is 10.1. The highest BCUT2D eigenvalue weighted by Gasteiger charge is 2.09. The van der Waals surface area contributed by atoms with Gasteiger partial charge in [-0.3, -0.25) is 9.63 Å². The largest absolute Gasteiger partial charge is 0.738 e. The van der Waals surface area contributed by atoms with Crippen LogP contribution in [-0.4, -0.2) is 29.3 Å². The summed E-state index contributed by atoms with van der Waals surface area (Å²) < 4.78 is 5.35. The molecule has 0 aliphatic heterocycles. The normalized spacial score (nSPS) is 12.4. The van der Waals surface area contributed by atoms with Gasteiger partial charge in [0.15, 0.2) is 0 Å². The zero-order valence-corrected chi connectivity index (χ0v) is 12.9. The molecule has 0 unspecified atom stereocenters. The lowest BCUT2D eigenvalue weighted by Crippen LogP contribution is -2.15. The molecule has 0 aliphatic carbocycles. The lowest BCUT2D eigenvalue weighted by atomic mass is 10.1. The number of hydrogen-bond acceptors (Lipinski definition) is 6. The van der Waals surface area contributed by atoms with E-state index >= 15 is 0 Å². The minimum absolute atomic E-state index is 0.0977. The number of unbranched alkanes of at least 4 members (excludes halogenated alkanes) is 2. The van der Waals surface area contributed by atoms with Crippen LogP contribution >= 0.6 is 0 Å². The van der Waals surface area contributed by atoms with Crippen LogP contribution in [0.1, 0.15) is 44.6 Å². The molecule has 0 fully saturated rings. The van der Waals surface area contributed by atoms with Crippen molar-refractivity contribution in [3.63, 3.8) is 0 Å².